The first-order chi connectivity index (χ1) is 11.5. The van der Waals surface area contributed by atoms with Crippen LogP contribution >= 0.6 is 0 Å². The smallest absolute Gasteiger partial charge is 0.336 e. The fourth-order valence-corrected chi connectivity index (χ4v) is 2.71. The number of hydrogen-bond acceptors (Lipinski definition) is 8. The van der Waals surface area contributed by atoms with E-state index in [0.29, 0.717) is 16.4 Å². The molecule has 1 fully saturated rings. The molecule has 3 N–H and O–H groups in total. The largest absolute Gasteiger partial charge is 0.460 e. The van der Waals surface area contributed by atoms with Crippen molar-refractivity contribution in [3.8, 4) is 5.75 Å². The zero-order valence-corrected chi connectivity index (χ0v) is 12.3. The van der Waals surface area contributed by atoms with E-state index in [1.165, 1.54) is 12.3 Å². The molecule has 4 unspecified atom stereocenters. The molecule has 8 nitrogen and oxygen atoms in total. The molecule has 8 heteroatoms. The van der Waals surface area contributed by atoms with E-state index in [0.717, 1.165) is 0 Å². The molecule has 4 rings (SSSR count). The monoisotopic (exact) mass is 334 g/mol. The van der Waals surface area contributed by atoms with Crippen LogP contribution in [0, 0.1) is 0 Å². The number of ether oxygens (including phenoxy) is 2. The molecule has 0 radical (unpaired) electrons. The van der Waals surface area contributed by atoms with E-state index >= 15 is 0 Å². The minimum Gasteiger partial charge on any atom is -0.460 e. The molecule has 2 aromatic heterocycles. The topological polar surface area (TPSA) is 123 Å². The van der Waals surface area contributed by atoms with Crippen LogP contribution in [0.1, 0.15) is 0 Å². The van der Waals surface area contributed by atoms with E-state index in [2.05, 4.69) is 0 Å². The number of hydrogen-bond donors (Lipinski definition) is 3. The van der Waals surface area contributed by atoms with Gasteiger partial charge in [-0.05, 0) is 18.2 Å². The Balaban J connectivity index is 1.83. The predicted octanol–water partition coefficient (Wildman–Crippen LogP) is 0.357. The number of aliphatic hydroxyl groups excluding tert-OH is 3. The molecule has 3 heterocycles. The fourth-order valence-electron chi connectivity index (χ4n) is 2.71. The van der Waals surface area contributed by atoms with Crippen molar-refractivity contribution in [3.05, 3.63) is 40.9 Å². The van der Waals surface area contributed by atoms with Crippen molar-refractivity contribution in [3.63, 3.8) is 0 Å². The van der Waals surface area contributed by atoms with Crippen molar-refractivity contribution in [2.24, 2.45) is 0 Å². The Hall–Kier alpha value is -2.39. The van der Waals surface area contributed by atoms with Crippen LogP contribution in [-0.4, -0.2) is 46.5 Å². The lowest BCUT2D eigenvalue weighted by Gasteiger charge is -2.34. The highest BCUT2D eigenvalue weighted by Gasteiger charge is 2.39. The van der Waals surface area contributed by atoms with Crippen molar-refractivity contribution < 1.29 is 33.6 Å². The van der Waals surface area contributed by atoms with Crippen molar-refractivity contribution >= 4 is 21.9 Å². The average molecular weight is 334 g/mol. The Morgan fingerprint density at radius 1 is 1.04 bits per heavy atom. The van der Waals surface area contributed by atoms with Crippen LogP contribution in [0.15, 0.2) is 44.2 Å². The number of fused-ring (bicyclic) bond motifs is 2. The van der Waals surface area contributed by atoms with Gasteiger partial charge in [-0.2, -0.15) is 0 Å². The predicted molar refractivity (Wildman–Crippen MR) is 80.6 cm³/mol. The zero-order valence-electron chi connectivity index (χ0n) is 12.3. The van der Waals surface area contributed by atoms with E-state index in [-0.39, 0.29) is 17.9 Å². The molecule has 4 atom stereocenters. The van der Waals surface area contributed by atoms with Gasteiger partial charge in [0.25, 0.3) is 0 Å². The third kappa shape index (κ3) is 2.36. The van der Waals surface area contributed by atoms with Gasteiger partial charge in [-0.3, -0.25) is 0 Å². The van der Waals surface area contributed by atoms with Crippen LogP contribution in [0.5, 0.6) is 5.75 Å². The maximum absolute atomic E-state index is 11.6. The van der Waals surface area contributed by atoms with Gasteiger partial charge < -0.3 is 33.6 Å². The van der Waals surface area contributed by atoms with Crippen molar-refractivity contribution in [2.75, 3.05) is 6.61 Å². The molecule has 0 saturated carbocycles. The summed E-state index contributed by atoms with van der Waals surface area (Å²) in [6.07, 6.45) is -3.92. The van der Waals surface area contributed by atoms with Gasteiger partial charge in [0, 0.05) is 16.8 Å². The molecule has 0 amide bonds. The summed E-state index contributed by atoms with van der Waals surface area (Å²) in [6.45, 7) is -0.209. The summed E-state index contributed by atoms with van der Waals surface area (Å²) in [6, 6.07) is 6.34. The zero-order chi connectivity index (χ0) is 16.8. The summed E-state index contributed by atoms with van der Waals surface area (Å²) in [5, 5.41) is 30.6. The maximum Gasteiger partial charge on any atom is 0.336 e. The SMILES string of the molecule is O=c1ccc2cc3ccoc3c(OC3OCC(O)C(O)C3O)c2o1. The van der Waals surface area contributed by atoms with E-state index in [1.54, 1.807) is 18.2 Å². The highest BCUT2D eigenvalue weighted by atomic mass is 16.7. The molecular formula is C16H14O8. The second-order valence-electron chi connectivity index (χ2n) is 5.59. The normalized spacial score (nSPS) is 27.6. The van der Waals surface area contributed by atoms with Crippen LogP contribution in [0.4, 0.5) is 0 Å². The second-order valence-corrected chi connectivity index (χ2v) is 5.59. The summed E-state index contributed by atoms with van der Waals surface area (Å²) in [4.78, 5) is 11.6. The number of aliphatic hydroxyl groups is 3. The van der Waals surface area contributed by atoms with Crippen molar-refractivity contribution in [1.29, 1.82) is 0 Å². The summed E-state index contributed by atoms with van der Waals surface area (Å²) in [5.74, 6) is 0.0813. The van der Waals surface area contributed by atoms with Gasteiger partial charge in [-0.25, -0.2) is 4.79 Å². The lowest BCUT2D eigenvalue weighted by molar-refractivity contribution is -0.241. The molecule has 1 aliphatic heterocycles. The molecule has 24 heavy (non-hydrogen) atoms. The van der Waals surface area contributed by atoms with E-state index in [9.17, 15) is 20.1 Å². The third-order valence-electron chi connectivity index (χ3n) is 3.97. The van der Waals surface area contributed by atoms with Gasteiger partial charge in [-0.15, -0.1) is 0 Å². The maximum atomic E-state index is 11.6. The highest BCUT2D eigenvalue weighted by molar-refractivity contribution is 5.99. The Labute approximate surface area is 134 Å². The third-order valence-corrected chi connectivity index (χ3v) is 3.97. The number of benzene rings is 1. The first kappa shape index (κ1) is 15.2. The first-order valence-electron chi connectivity index (χ1n) is 7.31. The molecule has 1 aliphatic rings. The van der Waals surface area contributed by atoms with Gasteiger partial charge in [0.2, 0.25) is 12.0 Å². The van der Waals surface area contributed by atoms with E-state index in [1.807, 2.05) is 0 Å². The lowest BCUT2D eigenvalue weighted by atomic mass is 10.1. The molecule has 0 aliphatic carbocycles. The molecule has 126 valence electrons. The minimum absolute atomic E-state index is 0.0813. The number of furan rings is 1. The first-order valence-corrected chi connectivity index (χ1v) is 7.31. The standard InChI is InChI=1S/C16H14O8/c17-9-6-22-16(12(20)11(9)19)24-15-13-8(3-4-21-13)5-7-1-2-10(18)23-14(7)15/h1-5,9,11-12,16-17,19-20H,6H2. The van der Waals surface area contributed by atoms with Gasteiger partial charge in [0.05, 0.1) is 12.9 Å². The van der Waals surface area contributed by atoms with E-state index < -0.39 is 30.2 Å². The Kier molecular flexibility index (Phi) is 3.54. The summed E-state index contributed by atoms with van der Waals surface area (Å²) >= 11 is 0. The molecule has 1 saturated heterocycles. The Bertz CT molecular complexity index is 942. The number of rotatable bonds is 2. The average Bonchev–Trinajstić information content (AvgIpc) is 3.03. The second kappa shape index (κ2) is 5.60. The van der Waals surface area contributed by atoms with Crippen LogP contribution in [-0.2, 0) is 4.74 Å². The van der Waals surface area contributed by atoms with Gasteiger partial charge in [0.15, 0.2) is 11.2 Å². The molecule has 3 aromatic rings. The van der Waals surface area contributed by atoms with Gasteiger partial charge in [0.1, 0.15) is 18.3 Å². The lowest BCUT2D eigenvalue weighted by Crippen LogP contribution is -2.54. The van der Waals surface area contributed by atoms with Gasteiger partial charge >= 0.3 is 5.63 Å². The van der Waals surface area contributed by atoms with Gasteiger partial charge in [-0.1, -0.05) is 0 Å². The Morgan fingerprint density at radius 2 is 1.83 bits per heavy atom. The molecular weight excluding hydrogens is 320 g/mol. The minimum atomic E-state index is -1.48. The van der Waals surface area contributed by atoms with E-state index in [4.69, 9.17) is 18.3 Å². The van der Waals surface area contributed by atoms with Crippen molar-refractivity contribution in [2.45, 2.75) is 24.6 Å². The molecule has 0 spiro atoms. The summed E-state index contributed by atoms with van der Waals surface area (Å²) in [7, 11) is 0. The van der Waals surface area contributed by atoms with Crippen LogP contribution < -0.4 is 10.4 Å². The highest BCUT2D eigenvalue weighted by Crippen LogP contribution is 2.36. The van der Waals surface area contributed by atoms with Crippen LogP contribution in [0.2, 0.25) is 0 Å². The summed E-state index contributed by atoms with van der Waals surface area (Å²) in [5.41, 5.74) is -0.117. The van der Waals surface area contributed by atoms with Crippen LogP contribution in [0.25, 0.3) is 21.9 Å². The molecule has 1 aromatic carbocycles. The van der Waals surface area contributed by atoms with Crippen LogP contribution in [0.3, 0.4) is 0 Å². The quantitative estimate of drug-likeness (QED) is 0.574. The Morgan fingerprint density at radius 3 is 2.67 bits per heavy atom. The van der Waals surface area contributed by atoms with Crippen molar-refractivity contribution in [1.82, 2.24) is 0 Å². The summed E-state index contributed by atoms with van der Waals surface area (Å²) < 4.78 is 21.5. The fraction of sp³-hybridized carbons (Fsp3) is 0.312. The molecule has 0 bridgehead atoms.